The Hall–Kier alpha value is -1.56. The van der Waals surface area contributed by atoms with Crippen LogP contribution in [0.1, 0.15) is 31.2 Å². The zero-order chi connectivity index (χ0) is 15.5. The topological polar surface area (TPSA) is 75.6 Å². The van der Waals surface area contributed by atoms with Gasteiger partial charge in [0.15, 0.2) is 6.61 Å². The second-order valence-electron chi connectivity index (χ2n) is 5.48. The molecule has 0 saturated heterocycles. The minimum absolute atomic E-state index is 0.0348. The molecule has 2 N–H and O–H groups in total. The minimum Gasteiger partial charge on any atom is -0.483 e. The van der Waals surface area contributed by atoms with Gasteiger partial charge in [-0.1, -0.05) is 6.07 Å². The maximum Gasteiger partial charge on any atom is 0.305 e. The fourth-order valence-corrected chi connectivity index (χ4v) is 3.04. The predicted molar refractivity (Wildman–Crippen MR) is 81.4 cm³/mol. The van der Waals surface area contributed by atoms with E-state index in [0.29, 0.717) is 18.6 Å². The van der Waals surface area contributed by atoms with Crippen LogP contribution in [0.4, 0.5) is 0 Å². The fourth-order valence-electron chi connectivity index (χ4n) is 2.44. The van der Waals surface area contributed by atoms with Crippen molar-refractivity contribution in [1.82, 2.24) is 5.32 Å². The second kappa shape index (κ2) is 6.47. The van der Waals surface area contributed by atoms with Gasteiger partial charge in [0.2, 0.25) is 0 Å². The maximum absolute atomic E-state index is 11.9. The Morgan fingerprint density at radius 1 is 1.43 bits per heavy atom. The van der Waals surface area contributed by atoms with Gasteiger partial charge in [-0.15, -0.1) is 0 Å². The van der Waals surface area contributed by atoms with Gasteiger partial charge in [0.25, 0.3) is 5.91 Å². The summed E-state index contributed by atoms with van der Waals surface area (Å²) in [6.07, 6.45) is 2.32. The van der Waals surface area contributed by atoms with Gasteiger partial charge < -0.3 is 15.2 Å². The van der Waals surface area contributed by atoms with Crippen LogP contribution in [0.5, 0.6) is 5.75 Å². The molecular weight excluding hydrogens is 338 g/mol. The Morgan fingerprint density at radius 3 is 2.67 bits per heavy atom. The van der Waals surface area contributed by atoms with E-state index in [1.165, 1.54) is 0 Å². The molecule has 6 heteroatoms. The Balaban J connectivity index is 1.88. The van der Waals surface area contributed by atoms with Crippen LogP contribution in [0, 0.1) is 6.92 Å². The number of carbonyl (C=O) groups excluding carboxylic acids is 1. The molecule has 0 radical (unpaired) electrons. The Bertz CT molecular complexity index is 555. The molecule has 21 heavy (non-hydrogen) atoms. The van der Waals surface area contributed by atoms with Gasteiger partial charge in [-0.05, 0) is 59.8 Å². The van der Waals surface area contributed by atoms with E-state index in [-0.39, 0.29) is 18.9 Å². The number of amides is 1. The van der Waals surface area contributed by atoms with Crippen LogP contribution >= 0.6 is 15.9 Å². The molecule has 1 aromatic rings. The van der Waals surface area contributed by atoms with Gasteiger partial charge in [-0.3, -0.25) is 9.59 Å². The SMILES string of the molecule is Cc1ccc(OCC(=O)NC2(CC(=O)O)CCC2)c(Br)c1. The molecular formula is C15H18BrNO4. The van der Waals surface area contributed by atoms with Crippen LogP contribution < -0.4 is 10.1 Å². The molecule has 1 aliphatic carbocycles. The summed E-state index contributed by atoms with van der Waals surface area (Å²) < 4.78 is 6.26. The molecule has 1 aromatic carbocycles. The number of halogens is 1. The van der Waals surface area contributed by atoms with Crippen molar-refractivity contribution in [3.05, 3.63) is 28.2 Å². The van der Waals surface area contributed by atoms with Crippen molar-refractivity contribution in [2.45, 2.75) is 38.1 Å². The standard InChI is InChI=1S/C15H18BrNO4/c1-10-3-4-12(11(16)7-10)21-9-13(18)17-15(5-2-6-15)8-14(19)20/h3-4,7H,2,5-6,8-9H2,1H3,(H,17,18)(H,19,20). The van der Waals surface area contributed by atoms with Gasteiger partial charge in [-0.2, -0.15) is 0 Å². The lowest BCUT2D eigenvalue weighted by Crippen LogP contribution is -2.55. The van der Waals surface area contributed by atoms with Crippen LogP contribution in [-0.2, 0) is 9.59 Å². The van der Waals surface area contributed by atoms with Crippen molar-refractivity contribution in [3.63, 3.8) is 0 Å². The summed E-state index contributed by atoms with van der Waals surface area (Å²) in [6, 6.07) is 5.60. The Morgan fingerprint density at radius 2 is 2.14 bits per heavy atom. The van der Waals surface area contributed by atoms with E-state index >= 15 is 0 Å². The van der Waals surface area contributed by atoms with Crippen molar-refractivity contribution in [3.8, 4) is 5.75 Å². The molecule has 1 amide bonds. The number of hydrogen-bond donors (Lipinski definition) is 2. The summed E-state index contributed by atoms with van der Waals surface area (Å²) in [5.41, 5.74) is 0.505. The molecule has 0 heterocycles. The first kappa shape index (κ1) is 15.8. The number of carbonyl (C=O) groups is 2. The number of aliphatic carboxylic acids is 1. The lowest BCUT2D eigenvalue weighted by atomic mass is 9.74. The van der Waals surface area contributed by atoms with Crippen LogP contribution in [0.25, 0.3) is 0 Å². The summed E-state index contributed by atoms with van der Waals surface area (Å²) in [7, 11) is 0. The molecule has 5 nitrogen and oxygen atoms in total. The summed E-state index contributed by atoms with van der Waals surface area (Å²) in [5.74, 6) is -0.586. The van der Waals surface area contributed by atoms with E-state index in [2.05, 4.69) is 21.2 Å². The van der Waals surface area contributed by atoms with Crippen molar-refractivity contribution in [1.29, 1.82) is 0 Å². The smallest absolute Gasteiger partial charge is 0.305 e. The van der Waals surface area contributed by atoms with Crippen molar-refractivity contribution in [2.75, 3.05) is 6.61 Å². The summed E-state index contributed by atoms with van der Waals surface area (Å²) >= 11 is 3.38. The van der Waals surface area contributed by atoms with E-state index in [1.54, 1.807) is 6.07 Å². The van der Waals surface area contributed by atoms with Crippen LogP contribution in [0.2, 0.25) is 0 Å². The first-order valence-electron chi connectivity index (χ1n) is 6.82. The number of aryl methyl sites for hydroxylation is 1. The highest BCUT2D eigenvalue weighted by molar-refractivity contribution is 9.10. The predicted octanol–water partition coefficient (Wildman–Crippen LogP) is 2.65. The number of carboxylic acid groups (broad SMARTS) is 1. The molecule has 114 valence electrons. The van der Waals surface area contributed by atoms with Gasteiger partial charge in [-0.25, -0.2) is 0 Å². The number of hydrogen-bond acceptors (Lipinski definition) is 3. The second-order valence-corrected chi connectivity index (χ2v) is 6.33. The molecule has 0 atom stereocenters. The van der Waals surface area contributed by atoms with Crippen LogP contribution in [-0.4, -0.2) is 29.1 Å². The van der Waals surface area contributed by atoms with Crippen LogP contribution in [0.15, 0.2) is 22.7 Å². The van der Waals surface area contributed by atoms with Gasteiger partial charge >= 0.3 is 5.97 Å². The van der Waals surface area contributed by atoms with E-state index < -0.39 is 11.5 Å². The van der Waals surface area contributed by atoms with E-state index in [0.717, 1.165) is 16.5 Å². The molecule has 0 bridgehead atoms. The highest BCUT2D eigenvalue weighted by Gasteiger charge is 2.40. The molecule has 1 aliphatic rings. The monoisotopic (exact) mass is 355 g/mol. The number of benzene rings is 1. The van der Waals surface area contributed by atoms with Gasteiger partial charge in [0, 0.05) is 0 Å². The normalized spacial score (nSPS) is 15.9. The highest BCUT2D eigenvalue weighted by Crippen LogP contribution is 2.35. The largest absolute Gasteiger partial charge is 0.483 e. The van der Waals surface area contributed by atoms with E-state index in [9.17, 15) is 9.59 Å². The first-order chi connectivity index (χ1) is 9.90. The van der Waals surface area contributed by atoms with Crippen molar-refractivity contribution in [2.24, 2.45) is 0 Å². The molecule has 1 saturated carbocycles. The molecule has 0 spiro atoms. The quantitative estimate of drug-likeness (QED) is 0.822. The first-order valence-corrected chi connectivity index (χ1v) is 7.61. The average Bonchev–Trinajstić information content (AvgIpc) is 2.34. The van der Waals surface area contributed by atoms with Crippen LogP contribution in [0.3, 0.4) is 0 Å². The fraction of sp³-hybridized carbons (Fsp3) is 0.467. The van der Waals surface area contributed by atoms with E-state index in [1.807, 2.05) is 19.1 Å². The summed E-state index contributed by atoms with van der Waals surface area (Å²) in [4.78, 5) is 22.8. The number of ether oxygens (including phenoxy) is 1. The minimum atomic E-state index is -0.891. The zero-order valence-corrected chi connectivity index (χ0v) is 13.4. The molecule has 1 fully saturated rings. The number of rotatable bonds is 6. The molecule has 2 rings (SSSR count). The van der Waals surface area contributed by atoms with E-state index in [4.69, 9.17) is 9.84 Å². The lowest BCUT2D eigenvalue weighted by molar-refractivity contribution is -0.140. The van der Waals surface area contributed by atoms with Crippen molar-refractivity contribution < 1.29 is 19.4 Å². The Labute approximate surface area is 131 Å². The zero-order valence-electron chi connectivity index (χ0n) is 11.8. The van der Waals surface area contributed by atoms with Crippen molar-refractivity contribution >= 4 is 27.8 Å². The number of nitrogens with one attached hydrogen (secondary N) is 1. The third kappa shape index (κ3) is 4.20. The average molecular weight is 356 g/mol. The Kier molecular flexibility index (Phi) is 4.88. The summed E-state index contributed by atoms with van der Waals surface area (Å²) in [5, 5.41) is 11.7. The molecule has 0 aromatic heterocycles. The maximum atomic E-state index is 11.9. The lowest BCUT2D eigenvalue weighted by Gasteiger charge is -2.41. The van der Waals surface area contributed by atoms with Gasteiger partial charge in [0.05, 0.1) is 16.4 Å². The number of carboxylic acids is 1. The highest BCUT2D eigenvalue weighted by atomic mass is 79.9. The molecule has 0 unspecified atom stereocenters. The summed E-state index contributed by atoms with van der Waals surface area (Å²) in [6.45, 7) is 1.84. The third-order valence-corrected chi connectivity index (χ3v) is 4.27. The van der Waals surface area contributed by atoms with Gasteiger partial charge in [0.1, 0.15) is 5.75 Å². The molecule has 0 aliphatic heterocycles. The third-order valence-electron chi connectivity index (χ3n) is 3.65.